The van der Waals surface area contributed by atoms with Crippen LogP contribution in [0.15, 0.2) is 40.9 Å². The molecule has 2 rings (SSSR count). The minimum absolute atomic E-state index is 0.0473. The number of hydrogen-bond acceptors (Lipinski definition) is 2. The Morgan fingerprint density at radius 3 is 2.61 bits per heavy atom. The Morgan fingerprint density at radius 2 is 1.94 bits per heavy atom. The Balaban J connectivity index is 1.98. The van der Waals surface area contributed by atoms with Crippen molar-refractivity contribution in [2.45, 2.75) is 19.9 Å². The Bertz CT molecular complexity index is 550. The summed E-state index contributed by atoms with van der Waals surface area (Å²) < 4.78 is 0.822. The summed E-state index contributed by atoms with van der Waals surface area (Å²) in [6, 6.07) is 11.6. The quantitative estimate of drug-likeness (QED) is 0.905. The molecular weight excluding hydrogens is 310 g/mol. The van der Waals surface area contributed by atoms with Crippen molar-refractivity contribution in [2.75, 3.05) is 0 Å². The van der Waals surface area contributed by atoms with Crippen molar-refractivity contribution in [3.05, 3.63) is 56.2 Å². The van der Waals surface area contributed by atoms with Gasteiger partial charge in [-0.1, -0.05) is 19.1 Å². The third-order valence-corrected chi connectivity index (χ3v) is 4.53. The first-order valence-electron chi connectivity index (χ1n) is 5.81. The lowest BCUT2D eigenvalue weighted by molar-refractivity contribution is 0.0950. The fraction of sp³-hybridized carbons (Fsp3) is 0.214. The maximum absolute atomic E-state index is 12.0. The third kappa shape index (κ3) is 3.21. The monoisotopic (exact) mass is 323 g/mol. The number of aryl methyl sites for hydroxylation is 1. The summed E-state index contributed by atoms with van der Waals surface area (Å²) in [6.07, 6.45) is 1.04. The highest BCUT2D eigenvalue weighted by atomic mass is 79.9. The smallest absolute Gasteiger partial charge is 0.252 e. The molecule has 0 aliphatic rings. The summed E-state index contributed by atoms with van der Waals surface area (Å²) in [4.78, 5) is 14.5. The number of thiophene rings is 1. The zero-order valence-electron chi connectivity index (χ0n) is 10.1. The van der Waals surface area contributed by atoms with E-state index in [9.17, 15) is 4.79 Å². The maximum Gasteiger partial charge on any atom is 0.252 e. The molecule has 0 saturated heterocycles. The van der Waals surface area contributed by atoms with Crippen LogP contribution in [-0.4, -0.2) is 5.91 Å². The summed E-state index contributed by atoms with van der Waals surface area (Å²) in [5.41, 5.74) is 0.671. The van der Waals surface area contributed by atoms with Gasteiger partial charge in [-0.15, -0.1) is 11.3 Å². The van der Waals surface area contributed by atoms with Crippen LogP contribution in [0.5, 0.6) is 0 Å². The van der Waals surface area contributed by atoms with Gasteiger partial charge in [-0.3, -0.25) is 4.79 Å². The van der Waals surface area contributed by atoms with E-state index < -0.39 is 0 Å². The molecular formula is C14H14BrNOS. The molecule has 0 bridgehead atoms. The van der Waals surface area contributed by atoms with Crippen LogP contribution in [0, 0.1) is 0 Å². The first-order valence-corrected chi connectivity index (χ1v) is 7.42. The van der Waals surface area contributed by atoms with Crippen LogP contribution in [0.1, 0.15) is 27.0 Å². The molecule has 1 N–H and O–H groups in total. The van der Waals surface area contributed by atoms with Crippen LogP contribution in [0.3, 0.4) is 0 Å². The average Bonchev–Trinajstić information content (AvgIpc) is 2.84. The lowest BCUT2D eigenvalue weighted by atomic mass is 10.2. The molecule has 4 heteroatoms. The molecule has 0 fully saturated rings. The van der Waals surface area contributed by atoms with Crippen molar-refractivity contribution in [1.82, 2.24) is 5.32 Å². The number of rotatable bonds is 4. The Morgan fingerprint density at radius 1 is 1.22 bits per heavy atom. The van der Waals surface area contributed by atoms with Crippen molar-refractivity contribution in [2.24, 2.45) is 0 Å². The number of nitrogens with one attached hydrogen (secondary N) is 1. The van der Waals surface area contributed by atoms with Gasteiger partial charge in [0, 0.05) is 14.2 Å². The molecule has 1 heterocycles. The number of halogens is 1. The Hall–Kier alpha value is -1.13. The molecule has 0 radical (unpaired) electrons. The van der Waals surface area contributed by atoms with Gasteiger partial charge in [-0.25, -0.2) is 0 Å². The Kier molecular flexibility index (Phi) is 4.55. The molecule has 0 saturated carbocycles. The van der Waals surface area contributed by atoms with Crippen LogP contribution in [0.4, 0.5) is 0 Å². The first-order chi connectivity index (χ1) is 8.70. The molecule has 1 aromatic heterocycles. The molecule has 1 amide bonds. The van der Waals surface area contributed by atoms with Crippen molar-refractivity contribution in [3.8, 4) is 0 Å². The molecule has 0 aliphatic carbocycles. The van der Waals surface area contributed by atoms with Gasteiger partial charge in [-0.2, -0.15) is 0 Å². The van der Waals surface area contributed by atoms with E-state index in [-0.39, 0.29) is 5.91 Å². The highest BCUT2D eigenvalue weighted by molar-refractivity contribution is 9.10. The largest absolute Gasteiger partial charge is 0.347 e. The van der Waals surface area contributed by atoms with Crippen molar-refractivity contribution in [3.63, 3.8) is 0 Å². The van der Waals surface area contributed by atoms with Gasteiger partial charge in [0.2, 0.25) is 0 Å². The molecule has 0 atom stereocenters. The van der Waals surface area contributed by atoms with Gasteiger partial charge in [0.05, 0.1) is 12.1 Å². The second-order valence-corrected chi connectivity index (χ2v) is 5.99. The van der Waals surface area contributed by atoms with Crippen molar-refractivity contribution in [1.29, 1.82) is 0 Å². The summed E-state index contributed by atoms with van der Waals surface area (Å²) in [6.45, 7) is 2.72. The zero-order valence-corrected chi connectivity index (χ0v) is 12.5. The van der Waals surface area contributed by atoms with E-state index >= 15 is 0 Å². The van der Waals surface area contributed by atoms with E-state index in [1.54, 1.807) is 11.3 Å². The van der Waals surface area contributed by atoms with E-state index in [2.05, 4.69) is 40.3 Å². The second kappa shape index (κ2) is 6.16. The highest BCUT2D eigenvalue weighted by Gasteiger charge is 2.09. The van der Waals surface area contributed by atoms with Gasteiger partial charge in [-0.05, 0) is 46.6 Å². The van der Waals surface area contributed by atoms with Crippen molar-refractivity contribution < 1.29 is 4.79 Å². The topological polar surface area (TPSA) is 29.1 Å². The molecule has 18 heavy (non-hydrogen) atoms. The first kappa shape index (κ1) is 13.3. The van der Waals surface area contributed by atoms with Crippen LogP contribution in [0.2, 0.25) is 0 Å². The highest BCUT2D eigenvalue weighted by Crippen LogP contribution is 2.18. The zero-order chi connectivity index (χ0) is 13.0. The van der Waals surface area contributed by atoms with E-state index in [1.165, 1.54) is 9.75 Å². The minimum Gasteiger partial charge on any atom is -0.347 e. The standard InChI is InChI=1S/C14H14BrNOS/c1-2-10-7-8-11(18-10)9-16-14(17)12-5-3-4-6-13(12)15/h3-8H,2,9H2,1H3,(H,16,17). The molecule has 1 aromatic carbocycles. The normalized spacial score (nSPS) is 10.3. The lowest BCUT2D eigenvalue weighted by Gasteiger charge is -2.05. The fourth-order valence-corrected chi connectivity index (χ4v) is 2.98. The number of benzene rings is 1. The summed E-state index contributed by atoms with van der Waals surface area (Å²) in [7, 11) is 0. The fourth-order valence-electron chi connectivity index (χ4n) is 1.62. The molecule has 2 aromatic rings. The SMILES string of the molecule is CCc1ccc(CNC(=O)c2ccccc2Br)s1. The van der Waals surface area contributed by atoms with Crippen LogP contribution >= 0.6 is 27.3 Å². The summed E-state index contributed by atoms with van der Waals surface area (Å²) in [5.74, 6) is -0.0473. The molecule has 0 aliphatic heterocycles. The summed E-state index contributed by atoms with van der Waals surface area (Å²) in [5, 5.41) is 2.93. The Labute approximate surface area is 119 Å². The number of amides is 1. The third-order valence-electron chi connectivity index (χ3n) is 2.61. The van der Waals surface area contributed by atoms with E-state index in [1.807, 2.05) is 24.3 Å². The molecule has 0 spiro atoms. The predicted octanol–water partition coefficient (Wildman–Crippen LogP) is 4.00. The van der Waals surface area contributed by atoms with Crippen LogP contribution in [0.25, 0.3) is 0 Å². The number of carbonyl (C=O) groups is 1. The molecule has 94 valence electrons. The average molecular weight is 324 g/mol. The summed E-state index contributed by atoms with van der Waals surface area (Å²) >= 11 is 5.13. The number of hydrogen-bond donors (Lipinski definition) is 1. The van der Waals surface area contributed by atoms with Gasteiger partial charge in [0.15, 0.2) is 0 Å². The van der Waals surface area contributed by atoms with Gasteiger partial charge >= 0.3 is 0 Å². The van der Waals surface area contributed by atoms with Gasteiger partial charge in [0.1, 0.15) is 0 Å². The van der Waals surface area contributed by atoms with Crippen LogP contribution in [-0.2, 0) is 13.0 Å². The molecule has 2 nitrogen and oxygen atoms in total. The van der Waals surface area contributed by atoms with E-state index in [0.717, 1.165) is 10.9 Å². The predicted molar refractivity (Wildman–Crippen MR) is 79.0 cm³/mol. The minimum atomic E-state index is -0.0473. The van der Waals surface area contributed by atoms with Gasteiger partial charge in [0.25, 0.3) is 5.91 Å². The maximum atomic E-state index is 12.0. The van der Waals surface area contributed by atoms with E-state index in [0.29, 0.717) is 12.1 Å². The van der Waals surface area contributed by atoms with Gasteiger partial charge < -0.3 is 5.32 Å². The van der Waals surface area contributed by atoms with E-state index in [4.69, 9.17) is 0 Å². The lowest BCUT2D eigenvalue weighted by Crippen LogP contribution is -2.22. The molecule has 0 unspecified atom stereocenters. The van der Waals surface area contributed by atoms with Crippen molar-refractivity contribution >= 4 is 33.2 Å². The van der Waals surface area contributed by atoms with Crippen LogP contribution < -0.4 is 5.32 Å². The second-order valence-electron chi connectivity index (χ2n) is 3.88. The number of carbonyl (C=O) groups excluding carboxylic acids is 1.